The van der Waals surface area contributed by atoms with Gasteiger partial charge in [-0.05, 0) is 25.7 Å². The Hall–Kier alpha value is -0.160. The van der Waals surface area contributed by atoms with Crippen molar-refractivity contribution < 1.29 is 20.4 Å². The molecule has 0 aromatic rings. The lowest BCUT2D eigenvalue weighted by Gasteiger charge is -2.49. The van der Waals surface area contributed by atoms with E-state index in [9.17, 15) is 20.4 Å². The summed E-state index contributed by atoms with van der Waals surface area (Å²) in [5, 5.41) is 47.2. The fourth-order valence-electron chi connectivity index (χ4n) is 6.80. The summed E-state index contributed by atoms with van der Waals surface area (Å²) in [4.78, 5) is 0. The average Bonchev–Trinajstić information content (AvgIpc) is 2.96. The normalized spacial score (nSPS) is 16.4. The zero-order valence-electron chi connectivity index (χ0n) is 28.4. The van der Waals surface area contributed by atoms with Crippen LogP contribution in [0.2, 0.25) is 0 Å². The van der Waals surface area contributed by atoms with E-state index in [-0.39, 0.29) is 0 Å². The Labute approximate surface area is 257 Å². The van der Waals surface area contributed by atoms with Crippen LogP contribution in [0.25, 0.3) is 0 Å². The number of unbranched alkanes of at least 4 members (excludes halogenated alkanes) is 20. The second kappa shape index (κ2) is 28.6. The van der Waals surface area contributed by atoms with Crippen molar-refractivity contribution in [1.29, 1.82) is 0 Å². The van der Waals surface area contributed by atoms with Gasteiger partial charge in [-0.25, -0.2) is 0 Å². The molecule has 4 N–H and O–H groups in total. The first-order valence-electron chi connectivity index (χ1n) is 18.6. The van der Waals surface area contributed by atoms with Crippen LogP contribution in [-0.4, -0.2) is 44.8 Å². The lowest BCUT2D eigenvalue weighted by molar-refractivity contribution is -0.201. The van der Waals surface area contributed by atoms with Gasteiger partial charge in [-0.1, -0.05) is 182 Å². The molecule has 0 aromatic heterocycles. The number of aliphatic hydroxyl groups is 4. The van der Waals surface area contributed by atoms with E-state index >= 15 is 0 Å². The molecule has 0 aliphatic rings. The predicted molar refractivity (Wildman–Crippen MR) is 178 cm³/mol. The topological polar surface area (TPSA) is 80.9 Å². The van der Waals surface area contributed by atoms with Crippen molar-refractivity contribution in [2.75, 3.05) is 0 Å². The Bertz CT molecular complexity index is 432. The molecule has 0 radical (unpaired) electrons. The van der Waals surface area contributed by atoms with E-state index < -0.39 is 29.8 Å². The molecule has 0 amide bonds. The summed E-state index contributed by atoms with van der Waals surface area (Å²) in [6.07, 6.45) is 25.7. The van der Waals surface area contributed by atoms with E-state index in [0.717, 1.165) is 77.0 Å². The monoisotopic (exact) mass is 585 g/mol. The molecule has 4 nitrogen and oxygen atoms in total. The summed E-state index contributed by atoms with van der Waals surface area (Å²) in [5.74, 6) is 0. The molecule has 0 aliphatic carbocycles. The summed E-state index contributed by atoms with van der Waals surface area (Å²) in [6.45, 7) is 8.89. The van der Waals surface area contributed by atoms with Crippen molar-refractivity contribution in [3.8, 4) is 0 Å². The van der Waals surface area contributed by atoms with Gasteiger partial charge in [-0.2, -0.15) is 0 Å². The standard InChI is InChI=1S/C37H76O4/c1-5-9-13-17-21-25-29-33(38)37(34(39)30-26-22-18-14-10-6-2,35(40)31-27-23-19-15-11-7-3)36(41)32-28-24-20-16-12-8-4/h33-36,38-41H,5-32H2,1-4H3. The van der Waals surface area contributed by atoms with Gasteiger partial charge in [0, 0.05) is 0 Å². The summed E-state index contributed by atoms with van der Waals surface area (Å²) >= 11 is 0. The van der Waals surface area contributed by atoms with Gasteiger partial charge in [0.15, 0.2) is 0 Å². The maximum atomic E-state index is 11.8. The molecule has 41 heavy (non-hydrogen) atoms. The number of hydrogen-bond acceptors (Lipinski definition) is 4. The molecule has 0 fully saturated rings. The molecule has 0 aromatic carbocycles. The highest BCUT2D eigenvalue weighted by molar-refractivity contribution is 5.03. The first-order chi connectivity index (χ1) is 19.9. The lowest BCUT2D eigenvalue weighted by Crippen LogP contribution is -2.60. The highest BCUT2D eigenvalue weighted by Crippen LogP contribution is 2.43. The van der Waals surface area contributed by atoms with Crippen molar-refractivity contribution in [3.63, 3.8) is 0 Å². The van der Waals surface area contributed by atoms with E-state index in [1.165, 1.54) is 77.0 Å². The van der Waals surface area contributed by atoms with Gasteiger partial charge in [-0.3, -0.25) is 0 Å². The van der Waals surface area contributed by atoms with Gasteiger partial charge < -0.3 is 20.4 Å². The largest absolute Gasteiger partial charge is 0.392 e. The molecule has 0 aliphatic heterocycles. The molecule has 0 heterocycles. The maximum Gasteiger partial charge on any atom is 0.0739 e. The molecule has 4 heteroatoms. The van der Waals surface area contributed by atoms with Gasteiger partial charge in [-0.15, -0.1) is 0 Å². The SMILES string of the molecule is CCCCCCCCC(O)C(C(O)CCCCCCCC)(C(O)CCCCCCCC)C(O)CCCCCCCC. The lowest BCUT2D eigenvalue weighted by atomic mass is 9.63. The highest BCUT2D eigenvalue weighted by atomic mass is 16.3. The molecule has 4 unspecified atom stereocenters. The molecular weight excluding hydrogens is 508 g/mol. The summed E-state index contributed by atoms with van der Waals surface area (Å²) in [7, 11) is 0. The summed E-state index contributed by atoms with van der Waals surface area (Å²) < 4.78 is 0. The second-order valence-corrected chi connectivity index (χ2v) is 13.3. The Morgan fingerprint density at radius 1 is 0.293 bits per heavy atom. The number of aliphatic hydroxyl groups excluding tert-OH is 4. The van der Waals surface area contributed by atoms with Crippen LogP contribution >= 0.6 is 0 Å². The maximum absolute atomic E-state index is 11.8. The molecule has 0 saturated carbocycles. The van der Waals surface area contributed by atoms with Crippen molar-refractivity contribution >= 4 is 0 Å². The third kappa shape index (κ3) is 18.3. The zero-order chi connectivity index (χ0) is 30.6. The molecular formula is C37H76O4. The van der Waals surface area contributed by atoms with Crippen molar-refractivity contribution in [2.45, 2.75) is 232 Å². The van der Waals surface area contributed by atoms with Gasteiger partial charge in [0.2, 0.25) is 0 Å². The van der Waals surface area contributed by atoms with Crippen molar-refractivity contribution in [2.24, 2.45) is 5.41 Å². The Balaban J connectivity index is 5.65. The fourth-order valence-corrected chi connectivity index (χ4v) is 6.80. The molecule has 0 saturated heterocycles. The van der Waals surface area contributed by atoms with Gasteiger partial charge in [0.1, 0.15) is 0 Å². The van der Waals surface area contributed by atoms with Gasteiger partial charge in [0.05, 0.1) is 29.8 Å². The van der Waals surface area contributed by atoms with Crippen LogP contribution in [0.4, 0.5) is 0 Å². The van der Waals surface area contributed by atoms with Crippen LogP contribution in [0.3, 0.4) is 0 Å². The molecule has 0 rings (SSSR count). The van der Waals surface area contributed by atoms with Gasteiger partial charge in [0.25, 0.3) is 0 Å². The second-order valence-electron chi connectivity index (χ2n) is 13.3. The smallest absolute Gasteiger partial charge is 0.0739 e. The molecule has 4 atom stereocenters. The third-order valence-corrected chi connectivity index (χ3v) is 9.63. The average molecular weight is 585 g/mol. The first kappa shape index (κ1) is 40.8. The minimum atomic E-state index is -1.26. The van der Waals surface area contributed by atoms with E-state index in [1.54, 1.807) is 0 Å². The highest BCUT2D eigenvalue weighted by Gasteiger charge is 2.54. The minimum absolute atomic E-state index is 0.542. The van der Waals surface area contributed by atoms with Crippen LogP contribution in [0.1, 0.15) is 207 Å². The first-order valence-corrected chi connectivity index (χ1v) is 18.6. The van der Waals surface area contributed by atoms with Crippen LogP contribution in [0.5, 0.6) is 0 Å². The Morgan fingerprint density at radius 3 is 0.659 bits per heavy atom. The Kier molecular flexibility index (Phi) is 28.5. The van der Waals surface area contributed by atoms with Crippen LogP contribution < -0.4 is 0 Å². The third-order valence-electron chi connectivity index (χ3n) is 9.63. The van der Waals surface area contributed by atoms with E-state index in [4.69, 9.17) is 0 Å². The summed E-state index contributed by atoms with van der Waals surface area (Å²) in [6, 6.07) is 0. The Morgan fingerprint density at radius 2 is 0.463 bits per heavy atom. The summed E-state index contributed by atoms with van der Waals surface area (Å²) in [5.41, 5.74) is -1.26. The minimum Gasteiger partial charge on any atom is -0.392 e. The molecule has 0 spiro atoms. The fraction of sp³-hybridized carbons (Fsp3) is 1.00. The van der Waals surface area contributed by atoms with Crippen LogP contribution in [0, 0.1) is 5.41 Å². The van der Waals surface area contributed by atoms with Crippen LogP contribution in [0.15, 0.2) is 0 Å². The molecule has 248 valence electrons. The van der Waals surface area contributed by atoms with E-state index in [2.05, 4.69) is 27.7 Å². The zero-order valence-corrected chi connectivity index (χ0v) is 28.4. The van der Waals surface area contributed by atoms with Crippen molar-refractivity contribution in [1.82, 2.24) is 0 Å². The van der Waals surface area contributed by atoms with Crippen LogP contribution in [-0.2, 0) is 0 Å². The number of hydrogen-bond donors (Lipinski definition) is 4. The van der Waals surface area contributed by atoms with E-state index in [1.807, 2.05) is 0 Å². The number of rotatable bonds is 32. The quantitative estimate of drug-likeness (QED) is 0.0593. The predicted octanol–water partition coefficient (Wildman–Crippen LogP) is 10.4. The molecule has 0 bridgehead atoms. The van der Waals surface area contributed by atoms with Gasteiger partial charge >= 0.3 is 0 Å². The van der Waals surface area contributed by atoms with E-state index in [0.29, 0.717) is 25.7 Å². The van der Waals surface area contributed by atoms with Crippen molar-refractivity contribution in [3.05, 3.63) is 0 Å².